The Hall–Kier alpha value is -0.554. The van der Waals surface area contributed by atoms with Crippen molar-refractivity contribution >= 4 is 11.9 Å². The molecule has 0 spiro atoms. The van der Waals surface area contributed by atoms with Crippen LogP contribution in [-0.2, 0) is 26.4 Å². The van der Waals surface area contributed by atoms with Crippen molar-refractivity contribution in [2.24, 2.45) is 11.8 Å². The number of hydrogen-bond donors (Lipinski definition) is 2. The molecule has 0 heterocycles. The third-order valence-corrected chi connectivity index (χ3v) is 5.46. The van der Waals surface area contributed by atoms with Gasteiger partial charge in [0.15, 0.2) is 0 Å². The third-order valence-electron chi connectivity index (χ3n) is 5.46. The second-order valence-corrected chi connectivity index (χ2v) is 7.58. The summed E-state index contributed by atoms with van der Waals surface area (Å²) in [6, 6.07) is 0. The largest absolute Gasteiger partial charge is 0.481 e. The minimum absolute atomic E-state index is 0. The van der Waals surface area contributed by atoms with E-state index in [0.717, 1.165) is 37.5 Å². The third kappa shape index (κ3) is 14.3. The Balaban J connectivity index is 0.000000443. The standard InChI is InChI=1S/2C10H18O2.Co/c2*11-10(12)8-4-7-9-5-2-1-3-6-9;/h2*9H,1-8H2,(H,11,12);. The molecule has 2 aliphatic carbocycles. The summed E-state index contributed by atoms with van der Waals surface area (Å²) in [4.78, 5) is 20.5. The zero-order chi connectivity index (χ0) is 17.6. The van der Waals surface area contributed by atoms with Gasteiger partial charge in [0.05, 0.1) is 0 Å². The van der Waals surface area contributed by atoms with Crippen molar-refractivity contribution in [3.8, 4) is 0 Å². The zero-order valence-corrected chi connectivity index (χ0v) is 16.6. The summed E-state index contributed by atoms with van der Waals surface area (Å²) in [7, 11) is 0. The first-order valence-corrected chi connectivity index (χ1v) is 10.0. The molecule has 2 rings (SSSR count). The fourth-order valence-electron chi connectivity index (χ4n) is 4.04. The Labute approximate surface area is 163 Å². The molecule has 149 valence electrons. The molecule has 25 heavy (non-hydrogen) atoms. The summed E-state index contributed by atoms with van der Waals surface area (Å²) < 4.78 is 0. The predicted octanol–water partition coefficient (Wildman–Crippen LogP) is 5.64. The Kier molecular flexibility index (Phi) is 15.3. The van der Waals surface area contributed by atoms with Gasteiger partial charge in [0, 0.05) is 29.6 Å². The molecule has 2 fully saturated rings. The van der Waals surface area contributed by atoms with Gasteiger partial charge in [-0.15, -0.1) is 0 Å². The van der Waals surface area contributed by atoms with Crippen LogP contribution in [0.1, 0.15) is 103 Å². The van der Waals surface area contributed by atoms with Gasteiger partial charge >= 0.3 is 11.9 Å². The van der Waals surface area contributed by atoms with E-state index in [1.165, 1.54) is 64.2 Å². The molecule has 0 aromatic carbocycles. The second-order valence-electron chi connectivity index (χ2n) is 7.58. The Morgan fingerprint density at radius 3 is 1.24 bits per heavy atom. The monoisotopic (exact) mass is 399 g/mol. The molecular weight excluding hydrogens is 363 g/mol. The summed E-state index contributed by atoms with van der Waals surface area (Å²) in [5.74, 6) is 0.368. The minimum atomic E-state index is -0.647. The van der Waals surface area contributed by atoms with Crippen molar-refractivity contribution in [1.82, 2.24) is 0 Å². The molecule has 1 radical (unpaired) electrons. The van der Waals surface area contributed by atoms with E-state index in [1.807, 2.05) is 0 Å². The van der Waals surface area contributed by atoms with Gasteiger partial charge in [0.1, 0.15) is 0 Å². The van der Waals surface area contributed by atoms with Crippen LogP contribution in [0.2, 0.25) is 0 Å². The number of carbonyl (C=O) groups is 2. The SMILES string of the molecule is O=C(O)CCCC1CCCCC1.O=C(O)CCCC1CCCCC1.[Co]. The molecule has 0 atom stereocenters. The van der Waals surface area contributed by atoms with Crippen LogP contribution >= 0.6 is 0 Å². The van der Waals surface area contributed by atoms with Crippen LogP contribution in [-0.4, -0.2) is 22.2 Å². The molecular formula is C20H36CoO4. The maximum absolute atomic E-state index is 10.2. The van der Waals surface area contributed by atoms with Crippen LogP contribution in [0.4, 0.5) is 0 Å². The number of aliphatic carboxylic acids is 2. The van der Waals surface area contributed by atoms with E-state index in [1.54, 1.807) is 0 Å². The smallest absolute Gasteiger partial charge is 0.303 e. The van der Waals surface area contributed by atoms with Crippen LogP contribution in [0.25, 0.3) is 0 Å². The average Bonchev–Trinajstić information content (AvgIpc) is 2.57. The van der Waals surface area contributed by atoms with Crippen molar-refractivity contribution < 1.29 is 36.6 Å². The Morgan fingerprint density at radius 2 is 0.960 bits per heavy atom. The first-order chi connectivity index (χ1) is 11.6. The van der Waals surface area contributed by atoms with Gasteiger partial charge in [0.25, 0.3) is 0 Å². The summed E-state index contributed by atoms with van der Waals surface area (Å²) in [5, 5.41) is 16.9. The van der Waals surface area contributed by atoms with Gasteiger partial charge in [-0.1, -0.05) is 64.2 Å². The summed E-state index contributed by atoms with van der Waals surface area (Å²) in [6.45, 7) is 0. The van der Waals surface area contributed by atoms with Crippen LogP contribution < -0.4 is 0 Å². The van der Waals surface area contributed by atoms with E-state index in [9.17, 15) is 9.59 Å². The van der Waals surface area contributed by atoms with Crippen molar-refractivity contribution in [2.75, 3.05) is 0 Å². The van der Waals surface area contributed by atoms with E-state index >= 15 is 0 Å². The quantitative estimate of drug-likeness (QED) is 0.554. The van der Waals surface area contributed by atoms with Gasteiger partial charge in [-0.3, -0.25) is 9.59 Å². The molecule has 0 bridgehead atoms. The van der Waals surface area contributed by atoms with E-state index in [0.29, 0.717) is 12.8 Å². The summed E-state index contributed by atoms with van der Waals surface area (Å²) in [5.41, 5.74) is 0. The topological polar surface area (TPSA) is 74.6 Å². The Morgan fingerprint density at radius 1 is 0.640 bits per heavy atom. The predicted molar refractivity (Wildman–Crippen MR) is 96.1 cm³/mol. The number of carboxylic acid groups (broad SMARTS) is 2. The van der Waals surface area contributed by atoms with Crippen LogP contribution in [0, 0.1) is 11.8 Å². The average molecular weight is 399 g/mol. The number of rotatable bonds is 8. The van der Waals surface area contributed by atoms with E-state index in [4.69, 9.17) is 10.2 Å². The maximum Gasteiger partial charge on any atom is 0.303 e. The normalized spacial score (nSPS) is 18.6. The van der Waals surface area contributed by atoms with Gasteiger partial charge < -0.3 is 10.2 Å². The molecule has 4 nitrogen and oxygen atoms in total. The van der Waals surface area contributed by atoms with Gasteiger partial charge in [-0.25, -0.2) is 0 Å². The summed E-state index contributed by atoms with van der Waals surface area (Å²) in [6.07, 6.45) is 18.3. The van der Waals surface area contributed by atoms with Gasteiger partial charge in [0.2, 0.25) is 0 Å². The number of carboxylic acids is 2. The molecule has 2 aliphatic rings. The first kappa shape index (κ1) is 24.4. The molecule has 0 aliphatic heterocycles. The van der Waals surface area contributed by atoms with Gasteiger partial charge in [-0.05, 0) is 37.5 Å². The molecule has 0 aromatic rings. The molecule has 0 unspecified atom stereocenters. The molecule has 0 saturated heterocycles. The Bertz CT molecular complexity index is 314. The van der Waals surface area contributed by atoms with Crippen LogP contribution in [0.5, 0.6) is 0 Å². The molecule has 2 N–H and O–H groups in total. The van der Waals surface area contributed by atoms with Crippen molar-refractivity contribution in [3.05, 3.63) is 0 Å². The van der Waals surface area contributed by atoms with Crippen molar-refractivity contribution in [2.45, 2.75) is 103 Å². The number of hydrogen-bond acceptors (Lipinski definition) is 2. The van der Waals surface area contributed by atoms with Crippen LogP contribution in [0.3, 0.4) is 0 Å². The molecule has 0 aromatic heterocycles. The van der Waals surface area contributed by atoms with Crippen molar-refractivity contribution in [1.29, 1.82) is 0 Å². The van der Waals surface area contributed by atoms with E-state index < -0.39 is 11.9 Å². The minimum Gasteiger partial charge on any atom is -0.481 e. The van der Waals surface area contributed by atoms with E-state index in [-0.39, 0.29) is 16.8 Å². The van der Waals surface area contributed by atoms with Gasteiger partial charge in [-0.2, -0.15) is 0 Å². The zero-order valence-electron chi connectivity index (χ0n) is 15.5. The molecule has 5 heteroatoms. The maximum atomic E-state index is 10.2. The van der Waals surface area contributed by atoms with Crippen molar-refractivity contribution in [3.63, 3.8) is 0 Å². The first-order valence-electron chi connectivity index (χ1n) is 10.0. The molecule has 2 saturated carbocycles. The molecule has 0 amide bonds. The summed E-state index contributed by atoms with van der Waals surface area (Å²) >= 11 is 0. The fraction of sp³-hybridized carbons (Fsp3) is 0.900. The second kappa shape index (κ2) is 15.7. The van der Waals surface area contributed by atoms with Crippen LogP contribution in [0.15, 0.2) is 0 Å². The van der Waals surface area contributed by atoms with E-state index in [2.05, 4.69) is 0 Å². The fourth-order valence-corrected chi connectivity index (χ4v) is 4.04.